The number of hydrogen-bond acceptors (Lipinski definition) is 2. The molecule has 0 saturated carbocycles. The van der Waals surface area contributed by atoms with Gasteiger partial charge < -0.3 is 10.1 Å². The highest BCUT2D eigenvalue weighted by Gasteiger charge is 2.15. The van der Waals surface area contributed by atoms with Gasteiger partial charge >= 0.3 is 6.61 Å². The number of benzene rings is 1. The number of rotatable bonds is 4. The van der Waals surface area contributed by atoms with Crippen LogP contribution < -0.4 is 10.1 Å². The molecule has 1 saturated heterocycles. The first-order valence-electron chi connectivity index (χ1n) is 6.09. The van der Waals surface area contributed by atoms with Crippen LogP contribution in [0.25, 0.3) is 0 Å². The molecule has 0 aromatic heterocycles. The van der Waals surface area contributed by atoms with Gasteiger partial charge in [-0.25, -0.2) is 0 Å². The molecule has 18 heavy (non-hydrogen) atoms. The van der Waals surface area contributed by atoms with Crippen LogP contribution in [0.5, 0.6) is 5.75 Å². The monoisotopic (exact) mass is 275 g/mol. The molecule has 1 aromatic rings. The van der Waals surface area contributed by atoms with Crippen molar-refractivity contribution in [2.75, 3.05) is 13.1 Å². The second-order valence-corrected chi connectivity index (χ2v) is 4.95. The first kappa shape index (κ1) is 13.6. The van der Waals surface area contributed by atoms with E-state index in [9.17, 15) is 8.78 Å². The highest BCUT2D eigenvalue weighted by atomic mass is 35.5. The molecule has 0 radical (unpaired) electrons. The lowest BCUT2D eigenvalue weighted by Gasteiger charge is -2.22. The van der Waals surface area contributed by atoms with Gasteiger partial charge in [0.05, 0.1) is 5.02 Å². The van der Waals surface area contributed by atoms with Crippen molar-refractivity contribution < 1.29 is 13.5 Å². The summed E-state index contributed by atoms with van der Waals surface area (Å²) < 4.78 is 28.5. The van der Waals surface area contributed by atoms with Crippen LogP contribution in [-0.4, -0.2) is 19.7 Å². The normalized spacial score (nSPS) is 17.1. The zero-order valence-corrected chi connectivity index (χ0v) is 10.7. The van der Waals surface area contributed by atoms with Gasteiger partial charge in [0.15, 0.2) is 0 Å². The van der Waals surface area contributed by atoms with E-state index in [4.69, 9.17) is 11.6 Å². The molecule has 2 rings (SSSR count). The Kier molecular flexibility index (Phi) is 4.78. The lowest BCUT2D eigenvalue weighted by Crippen LogP contribution is -2.28. The molecule has 5 heteroatoms. The third-order valence-corrected chi connectivity index (χ3v) is 3.49. The molecule has 1 aromatic carbocycles. The van der Waals surface area contributed by atoms with Crippen LogP contribution in [0, 0.1) is 5.92 Å². The maximum Gasteiger partial charge on any atom is 0.387 e. The molecule has 1 aliphatic rings. The van der Waals surface area contributed by atoms with Crippen molar-refractivity contribution in [3.63, 3.8) is 0 Å². The quantitative estimate of drug-likeness (QED) is 0.908. The summed E-state index contributed by atoms with van der Waals surface area (Å²) in [7, 11) is 0. The lowest BCUT2D eigenvalue weighted by molar-refractivity contribution is -0.0497. The van der Waals surface area contributed by atoms with Gasteiger partial charge in [-0.05, 0) is 56.0 Å². The zero-order valence-electron chi connectivity index (χ0n) is 9.96. The van der Waals surface area contributed by atoms with Gasteiger partial charge in [-0.1, -0.05) is 17.7 Å². The fourth-order valence-corrected chi connectivity index (χ4v) is 2.53. The summed E-state index contributed by atoms with van der Waals surface area (Å²) in [4.78, 5) is 0. The summed E-state index contributed by atoms with van der Waals surface area (Å²) in [6.45, 7) is -0.742. The van der Waals surface area contributed by atoms with Gasteiger partial charge in [-0.2, -0.15) is 8.78 Å². The maximum absolute atomic E-state index is 12.1. The van der Waals surface area contributed by atoms with Gasteiger partial charge in [-0.3, -0.25) is 0 Å². The summed E-state index contributed by atoms with van der Waals surface area (Å²) in [6, 6.07) is 5.05. The van der Waals surface area contributed by atoms with Crippen molar-refractivity contribution in [2.45, 2.75) is 25.9 Å². The van der Waals surface area contributed by atoms with Gasteiger partial charge in [0.1, 0.15) is 5.75 Å². The topological polar surface area (TPSA) is 21.3 Å². The van der Waals surface area contributed by atoms with E-state index in [-0.39, 0.29) is 10.8 Å². The molecule has 0 amide bonds. The summed E-state index contributed by atoms with van der Waals surface area (Å²) in [5.74, 6) is 0.685. The molecule has 1 N–H and O–H groups in total. The Labute approximate surface area is 110 Å². The molecular weight excluding hydrogens is 260 g/mol. The Balaban J connectivity index is 1.99. The standard InChI is InChI=1S/C13H16ClF2NO/c14-11-8-10(1-2-12(11)18-13(15)16)7-9-3-5-17-6-4-9/h1-2,8-9,13,17H,3-7H2. The smallest absolute Gasteiger partial charge is 0.387 e. The van der Waals surface area contributed by atoms with Crippen LogP contribution in [0.15, 0.2) is 18.2 Å². The predicted octanol–water partition coefficient (Wildman–Crippen LogP) is 3.48. The van der Waals surface area contributed by atoms with E-state index in [1.807, 2.05) is 6.07 Å². The molecule has 0 spiro atoms. The van der Waals surface area contributed by atoms with Crippen LogP contribution in [0.4, 0.5) is 8.78 Å². The maximum atomic E-state index is 12.1. The minimum Gasteiger partial charge on any atom is -0.433 e. The van der Waals surface area contributed by atoms with E-state index in [0.29, 0.717) is 5.92 Å². The average Bonchev–Trinajstić information content (AvgIpc) is 2.33. The summed E-state index contributed by atoms with van der Waals surface area (Å²) in [5.41, 5.74) is 1.08. The number of piperidine rings is 1. The summed E-state index contributed by atoms with van der Waals surface area (Å²) >= 11 is 5.92. The highest BCUT2D eigenvalue weighted by molar-refractivity contribution is 6.32. The molecule has 0 unspecified atom stereocenters. The second-order valence-electron chi connectivity index (χ2n) is 4.54. The minimum atomic E-state index is -2.84. The molecule has 1 fully saturated rings. The van der Waals surface area contributed by atoms with Crippen molar-refractivity contribution in [3.8, 4) is 5.75 Å². The van der Waals surface area contributed by atoms with Gasteiger partial charge in [-0.15, -0.1) is 0 Å². The Morgan fingerprint density at radius 1 is 1.33 bits per heavy atom. The van der Waals surface area contributed by atoms with Crippen LogP contribution in [-0.2, 0) is 6.42 Å². The first-order chi connectivity index (χ1) is 8.65. The molecule has 1 aliphatic heterocycles. The first-order valence-corrected chi connectivity index (χ1v) is 6.47. The molecule has 2 nitrogen and oxygen atoms in total. The van der Waals surface area contributed by atoms with Crippen LogP contribution in [0.3, 0.4) is 0 Å². The van der Waals surface area contributed by atoms with Crippen LogP contribution in [0.1, 0.15) is 18.4 Å². The molecule has 0 atom stereocenters. The number of alkyl halides is 2. The van der Waals surface area contributed by atoms with Crippen molar-refractivity contribution in [1.82, 2.24) is 5.32 Å². The van der Waals surface area contributed by atoms with E-state index in [1.165, 1.54) is 6.07 Å². The highest BCUT2D eigenvalue weighted by Crippen LogP contribution is 2.28. The van der Waals surface area contributed by atoms with Gasteiger partial charge in [0.25, 0.3) is 0 Å². The van der Waals surface area contributed by atoms with Crippen molar-refractivity contribution in [3.05, 3.63) is 28.8 Å². The average molecular weight is 276 g/mol. The Morgan fingerprint density at radius 3 is 2.67 bits per heavy atom. The van der Waals surface area contributed by atoms with Crippen molar-refractivity contribution in [2.24, 2.45) is 5.92 Å². The summed E-state index contributed by atoms with van der Waals surface area (Å²) in [6.07, 6.45) is 3.23. The van der Waals surface area contributed by atoms with E-state index in [0.717, 1.165) is 37.9 Å². The van der Waals surface area contributed by atoms with E-state index < -0.39 is 6.61 Å². The van der Waals surface area contributed by atoms with Crippen molar-refractivity contribution in [1.29, 1.82) is 0 Å². The zero-order chi connectivity index (χ0) is 13.0. The third-order valence-electron chi connectivity index (χ3n) is 3.20. The molecular formula is C13H16ClF2NO. The number of halogens is 3. The molecule has 0 bridgehead atoms. The van der Waals surface area contributed by atoms with Crippen LogP contribution in [0.2, 0.25) is 5.02 Å². The largest absolute Gasteiger partial charge is 0.433 e. The number of nitrogens with one attached hydrogen (secondary N) is 1. The molecule has 100 valence electrons. The number of hydrogen-bond donors (Lipinski definition) is 1. The SMILES string of the molecule is FC(F)Oc1ccc(CC2CCNCC2)cc1Cl. The Morgan fingerprint density at radius 2 is 2.06 bits per heavy atom. The summed E-state index contributed by atoms with van der Waals surface area (Å²) in [5, 5.41) is 3.56. The Hall–Kier alpha value is -0.870. The van der Waals surface area contributed by atoms with Crippen LogP contribution >= 0.6 is 11.6 Å². The van der Waals surface area contributed by atoms with Gasteiger partial charge in [0, 0.05) is 0 Å². The minimum absolute atomic E-state index is 0.0423. The molecule has 0 aliphatic carbocycles. The van der Waals surface area contributed by atoms with Crippen molar-refractivity contribution >= 4 is 11.6 Å². The Bertz CT molecular complexity index is 395. The second kappa shape index (κ2) is 6.34. The third kappa shape index (κ3) is 3.82. The fraction of sp³-hybridized carbons (Fsp3) is 0.538. The van der Waals surface area contributed by atoms with E-state index in [1.54, 1.807) is 6.07 Å². The fourth-order valence-electron chi connectivity index (χ4n) is 2.28. The molecule has 1 heterocycles. The number of ether oxygens (including phenoxy) is 1. The predicted molar refractivity (Wildman–Crippen MR) is 67.4 cm³/mol. The van der Waals surface area contributed by atoms with Gasteiger partial charge in [0.2, 0.25) is 0 Å². The lowest BCUT2D eigenvalue weighted by atomic mass is 9.91. The van der Waals surface area contributed by atoms with E-state index >= 15 is 0 Å². The van der Waals surface area contributed by atoms with E-state index in [2.05, 4.69) is 10.1 Å².